The van der Waals surface area contributed by atoms with E-state index in [2.05, 4.69) is 19.2 Å². The molecule has 178 valence electrons. The van der Waals surface area contributed by atoms with Crippen LogP contribution >= 0.6 is 0 Å². The lowest BCUT2D eigenvalue weighted by atomic mass is 10.0. The molecule has 0 saturated heterocycles. The Hall–Kier alpha value is -3.60. The van der Waals surface area contributed by atoms with Crippen molar-refractivity contribution in [1.82, 2.24) is 10.2 Å². The topological polar surface area (TPSA) is 58.6 Å². The molecule has 0 aromatic heterocycles. The number of carbonyl (C=O) groups is 2. The van der Waals surface area contributed by atoms with Gasteiger partial charge in [-0.3, -0.25) is 9.59 Å². The number of aryl methyl sites for hydroxylation is 1. The standard InChI is InChI=1S/C29H34N2O3/c1-22(2)19-30-29(33)27(18-24-13-6-4-7-14-24)31(20-25-15-11-10-12-23(25)3)28(32)21-34-26-16-8-5-9-17-26/h4-17,22,27H,18-21H2,1-3H3,(H,30,33)/t27-/m1/s1. The average molecular weight is 459 g/mol. The monoisotopic (exact) mass is 458 g/mol. The zero-order chi connectivity index (χ0) is 24.3. The van der Waals surface area contributed by atoms with Gasteiger partial charge in [0.05, 0.1) is 0 Å². The highest BCUT2D eigenvalue weighted by Gasteiger charge is 2.31. The Balaban J connectivity index is 1.90. The molecule has 3 rings (SSSR count). The number of rotatable bonds is 11. The maximum Gasteiger partial charge on any atom is 0.261 e. The molecule has 5 nitrogen and oxygen atoms in total. The molecule has 1 N–H and O–H groups in total. The number of ether oxygens (including phenoxy) is 1. The molecule has 0 aliphatic heterocycles. The summed E-state index contributed by atoms with van der Waals surface area (Å²) in [6, 6.07) is 26.4. The second-order valence-corrected chi connectivity index (χ2v) is 8.89. The van der Waals surface area contributed by atoms with Crippen molar-refractivity contribution in [2.75, 3.05) is 13.2 Å². The van der Waals surface area contributed by atoms with E-state index in [1.54, 1.807) is 4.90 Å². The third-order valence-electron chi connectivity index (χ3n) is 5.66. The van der Waals surface area contributed by atoms with E-state index in [4.69, 9.17) is 4.74 Å². The molecule has 3 aromatic rings. The summed E-state index contributed by atoms with van der Waals surface area (Å²) in [4.78, 5) is 28.6. The summed E-state index contributed by atoms with van der Waals surface area (Å²) >= 11 is 0. The maximum absolute atomic E-state index is 13.5. The Labute approximate surface area is 202 Å². The van der Waals surface area contributed by atoms with Gasteiger partial charge >= 0.3 is 0 Å². The van der Waals surface area contributed by atoms with E-state index in [0.29, 0.717) is 31.2 Å². The number of carbonyl (C=O) groups excluding carboxylic acids is 2. The van der Waals surface area contributed by atoms with Crippen LogP contribution in [0.4, 0.5) is 0 Å². The van der Waals surface area contributed by atoms with Crippen LogP contribution in [-0.4, -0.2) is 35.9 Å². The van der Waals surface area contributed by atoms with Gasteiger partial charge in [0.1, 0.15) is 11.8 Å². The molecule has 0 fully saturated rings. The van der Waals surface area contributed by atoms with Crippen molar-refractivity contribution >= 4 is 11.8 Å². The fourth-order valence-electron chi connectivity index (χ4n) is 3.69. The highest BCUT2D eigenvalue weighted by molar-refractivity contribution is 5.88. The Kier molecular flexibility index (Phi) is 9.27. The fourth-order valence-corrected chi connectivity index (χ4v) is 3.69. The molecule has 34 heavy (non-hydrogen) atoms. The van der Waals surface area contributed by atoms with Crippen LogP contribution in [0.25, 0.3) is 0 Å². The quantitative estimate of drug-likeness (QED) is 0.450. The molecular formula is C29H34N2O3. The van der Waals surface area contributed by atoms with Crippen molar-refractivity contribution in [1.29, 1.82) is 0 Å². The number of amides is 2. The number of benzene rings is 3. The largest absolute Gasteiger partial charge is 0.484 e. The van der Waals surface area contributed by atoms with Gasteiger partial charge in [-0.15, -0.1) is 0 Å². The Morgan fingerprint density at radius 1 is 0.882 bits per heavy atom. The minimum Gasteiger partial charge on any atom is -0.484 e. The predicted octanol–water partition coefficient (Wildman–Crippen LogP) is 4.79. The Morgan fingerprint density at radius 2 is 1.50 bits per heavy atom. The van der Waals surface area contributed by atoms with E-state index in [9.17, 15) is 9.59 Å². The molecule has 0 aliphatic carbocycles. The fraction of sp³-hybridized carbons (Fsp3) is 0.310. The zero-order valence-electron chi connectivity index (χ0n) is 20.2. The molecule has 0 bridgehead atoms. The predicted molar refractivity (Wildman–Crippen MR) is 135 cm³/mol. The summed E-state index contributed by atoms with van der Waals surface area (Å²) in [6.07, 6.45) is 0.424. The molecule has 2 amide bonds. The van der Waals surface area contributed by atoms with E-state index in [-0.39, 0.29) is 18.4 Å². The smallest absolute Gasteiger partial charge is 0.261 e. The van der Waals surface area contributed by atoms with Crippen molar-refractivity contribution in [2.24, 2.45) is 5.92 Å². The van der Waals surface area contributed by atoms with E-state index in [1.807, 2.05) is 91.9 Å². The highest BCUT2D eigenvalue weighted by atomic mass is 16.5. The van der Waals surface area contributed by atoms with E-state index in [0.717, 1.165) is 16.7 Å². The molecular weight excluding hydrogens is 424 g/mol. The number of para-hydroxylation sites is 1. The Morgan fingerprint density at radius 3 is 2.15 bits per heavy atom. The van der Waals surface area contributed by atoms with Gasteiger partial charge in [-0.25, -0.2) is 0 Å². The Bertz CT molecular complexity index is 1050. The van der Waals surface area contributed by atoms with Gasteiger partial charge in [-0.2, -0.15) is 0 Å². The third-order valence-corrected chi connectivity index (χ3v) is 5.66. The van der Waals surface area contributed by atoms with E-state index < -0.39 is 6.04 Å². The summed E-state index contributed by atoms with van der Waals surface area (Å²) < 4.78 is 5.77. The van der Waals surface area contributed by atoms with Gasteiger partial charge < -0.3 is 15.0 Å². The first-order chi connectivity index (χ1) is 16.4. The molecule has 1 atom stereocenters. The number of nitrogens with zero attached hydrogens (tertiary/aromatic N) is 1. The number of hydrogen-bond acceptors (Lipinski definition) is 3. The summed E-state index contributed by atoms with van der Waals surface area (Å²) in [5.74, 6) is 0.547. The molecule has 0 spiro atoms. The zero-order valence-corrected chi connectivity index (χ0v) is 20.2. The van der Waals surface area contributed by atoms with E-state index >= 15 is 0 Å². The minimum atomic E-state index is -0.660. The molecule has 0 unspecified atom stereocenters. The first-order valence-electron chi connectivity index (χ1n) is 11.8. The van der Waals surface area contributed by atoms with Crippen LogP contribution in [0, 0.1) is 12.8 Å². The normalized spacial score (nSPS) is 11.6. The number of hydrogen-bond donors (Lipinski definition) is 1. The SMILES string of the molecule is Cc1ccccc1CN(C(=O)COc1ccccc1)[C@H](Cc1ccccc1)C(=O)NCC(C)C. The van der Waals surface area contributed by atoms with Gasteiger partial charge in [0.25, 0.3) is 5.91 Å². The summed E-state index contributed by atoms with van der Waals surface area (Å²) in [5.41, 5.74) is 3.08. The lowest BCUT2D eigenvalue weighted by Gasteiger charge is -2.32. The van der Waals surface area contributed by atoms with Crippen molar-refractivity contribution in [3.05, 3.63) is 102 Å². The molecule has 5 heteroatoms. The molecule has 0 radical (unpaired) electrons. The van der Waals surface area contributed by atoms with Crippen LogP contribution in [0.2, 0.25) is 0 Å². The molecule has 0 saturated carbocycles. The van der Waals surface area contributed by atoms with Gasteiger partial charge in [0.2, 0.25) is 5.91 Å². The summed E-state index contributed by atoms with van der Waals surface area (Å²) in [7, 11) is 0. The minimum absolute atomic E-state index is 0.140. The number of nitrogens with one attached hydrogen (secondary N) is 1. The van der Waals surface area contributed by atoms with Crippen molar-refractivity contribution in [3.8, 4) is 5.75 Å². The summed E-state index contributed by atoms with van der Waals surface area (Å²) in [5, 5.41) is 3.04. The van der Waals surface area contributed by atoms with Gasteiger partial charge in [-0.05, 0) is 41.7 Å². The average Bonchev–Trinajstić information content (AvgIpc) is 2.85. The molecule has 3 aromatic carbocycles. The van der Waals surface area contributed by atoms with Crippen molar-refractivity contribution in [2.45, 2.75) is 39.8 Å². The lowest BCUT2D eigenvalue weighted by Crippen LogP contribution is -2.52. The van der Waals surface area contributed by atoms with Crippen LogP contribution in [0.3, 0.4) is 0 Å². The third kappa shape index (κ3) is 7.48. The highest BCUT2D eigenvalue weighted by Crippen LogP contribution is 2.18. The van der Waals surface area contributed by atoms with Crippen LogP contribution in [0.5, 0.6) is 5.75 Å². The van der Waals surface area contributed by atoms with Gasteiger partial charge in [0.15, 0.2) is 6.61 Å². The van der Waals surface area contributed by atoms with Crippen LogP contribution in [-0.2, 0) is 22.6 Å². The maximum atomic E-state index is 13.5. The van der Waals surface area contributed by atoms with E-state index in [1.165, 1.54) is 0 Å². The van der Waals surface area contributed by atoms with Crippen molar-refractivity contribution in [3.63, 3.8) is 0 Å². The van der Waals surface area contributed by atoms with Crippen LogP contribution in [0.1, 0.15) is 30.5 Å². The van der Waals surface area contributed by atoms with Gasteiger partial charge in [0, 0.05) is 19.5 Å². The van der Waals surface area contributed by atoms with Crippen molar-refractivity contribution < 1.29 is 14.3 Å². The second kappa shape index (κ2) is 12.6. The van der Waals surface area contributed by atoms with Crippen LogP contribution < -0.4 is 10.1 Å². The first-order valence-corrected chi connectivity index (χ1v) is 11.8. The van der Waals surface area contributed by atoms with Gasteiger partial charge in [-0.1, -0.05) is 86.6 Å². The lowest BCUT2D eigenvalue weighted by molar-refractivity contribution is -0.142. The molecule has 0 heterocycles. The first kappa shape index (κ1) is 25.0. The second-order valence-electron chi connectivity index (χ2n) is 8.89. The summed E-state index contributed by atoms with van der Waals surface area (Å²) in [6.45, 7) is 6.86. The van der Waals surface area contributed by atoms with Crippen LogP contribution in [0.15, 0.2) is 84.9 Å². The molecule has 0 aliphatic rings.